The molecule has 0 radical (unpaired) electrons. The molecule has 0 fully saturated rings. The summed E-state index contributed by atoms with van der Waals surface area (Å²) in [6.07, 6.45) is 1.65. The first kappa shape index (κ1) is 14.4. The second kappa shape index (κ2) is 6.96. The fourth-order valence-electron chi connectivity index (χ4n) is 2.05. The Morgan fingerprint density at radius 3 is 2.45 bits per heavy atom. The number of halogens is 1. The summed E-state index contributed by atoms with van der Waals surface area (Å²) in [6.45, 7) is 0.467. The molecule has 22 heavy (non-hydrogen) atoms. The van der Waals surface area contributed by atoms with Gasteiger partial charge in [-0.15, -0.1) is 0 Å². The molecule has 0 bridgehead atoms. The van der Waals surface area contributed by atoms with E-state index in [0.29, 0.717) is 11.6 Å². The minimum atomic E-state index is 0.467. The van der Waals surface area contributed by atoms with Crippen LogP contribution < -0.4 is 5.32 Å². The van der Waals surface area contributed by atoms with Gasteiger partial charge in [0.25, 0.3) is 0 Å². The van der Waals surface area contributed by atoms with Crippen molar-refractivity contribution in [1.82, 2.24) is 0 Å². The number of furan rings is 1. The van der Waals surface area contributed by atoms with Crippen LogP contribution in [0.5, 0.6) is 0 Å². The second-order valence-electron chi connectivity index (χ2n) is 4.72. The zero-order chi connectivity index (χ0) is 15.2. The molecule has 3 rings (SSSR count). The van der Waals surface area contributed by atoms with Crippen LogP contribution in [-0.2, 0) is 6.54 Å². The van der Waals surface area contributed by atoms with Gasteiger partial charge in [-0.2, -0.15) is 0 Å². The Morgan fingerprint density at radius 2 is 1.73 bits per heavy atom. The van der Waals surface area contributed by atoms with Crippen LogP contribution in [0.4, 0.5) is 5.69 Å². The van der Waals surface area contributed by atoms with Crippen molar-refractivity contribution in [2.45, 2.75) is 6.54 Å². The molecule has 0 amide bonds. The van der Waals surface area contributed by atoms with Gasteiger partial charge < -0.3 is 9.73 Å². The summed E-state index contributed by atoms with van der Waals surface area (Å²) in [5.41, 5.74) is 1.82. The van der Waals surface area contributed by atoms with Crippen LogP contribution in [0.1, 0.15) is 11.3 Å². The Kier molecular flexibility index (Phi) is 4.56. The van der Waals surface area contributed by atoms with Crippen LogP contribution in [0.3, 0.4) is 0 Å². The molecule has 1 N–H and O–H groups in total. The number of hydrogen-bond donors (Lipinski definition) is 1. The van der Waals surface area contributed by atoms with E-state index in [0.717, 1.165) is 22.8 Å². The van der Waals surface area contributed by atoms with Crippen LogP contribution in [-0.4, -0.2) is 5.84 Å². The standard InChI is InChI=1S/C18H15ClN2O/c19-16-10-4-5-11-17(16)21-18(14-7-2-1-3-8-14)20-13-15-9-6-12-22-15/h1-12H,13H2,(H,20,21). The lowest BCUT2D eigenvalue weighted by Gasteiger charge is -2.11. The maximum absolute atomic E-state index is 6.22. The Bertz CT molecular complexity index is 752. The first-order valence-electron chi connectivity index (χ1n) is 6.97. The maximum Gasteiger partial charge on any atom is 0.133 e. The highest BCUT2D eigenvalue weighted by molar-refractivity contribution is 6.34. The lowest BCUT2D eigenvalue weighted by Crippen LogP contribution is -2.14. The van der Waals surface area contributed by atoms with Gasteiger partial charge in [-0.05, 0) is 24.3 Å². The van der Waals surface area contributed by atoms with Crippen molar-refractivity contribution in [1.29, 1.82) is 0 Å². The molecule has 0 aliphatic heterocycles. The fourth-order valence-corrected chi connectivity index (χ4v) is 2.23. The van der Waals surface area contributed by atoms with Gasteiger partial charge in [0.1, 0.15) is 11.6 Å². The van der Waals surface area contributed by atoms with Crippen LogP contribution in [0, 0.1) is 0 Å². The van der Waals surface area contributed by atoms with Gasteiger partial charge in [0.05, 0.1) is 23.5 Å². The minimum Gasteiger partial charge on any atom is -0.467 e. The molecule has 3 aromatic rings. The van der Waals surface area contributed by atoms with E-state index in [9.17, 15) is 0 Å². The van der Waals surface area contributed by atoms with Gasteiger partial charge in [0.2, 0.25) is 0 Å². The number of benzene rings is 2. The van der Waals surface area contributed by atoms with Crippen LogP contribution >= 0.6 is 11.6 Å². The fraction of sp³-hybridized carbons (Fsp3) is 0.0556. The molecule has 0 atom stereocenters. The van der Waals surface area contributed by atoms with Gasteiger partial charge in [-0.3, -0.25) is 4.99 Å². The second-order valence-corrected chi connectivity index (χ2v) is 5.12. The molecular weight excluding hydrogens is 296 g/mol. The number of hydrogen-bond acceptors (Lipinski definition) is 2. The molecule has 110 valence electrons. The smallest absolute Gasteiger partial charge is 0.133 e. The number of anilines is 1. The number of aliphatic imine (C=N–C) groups is 1. The highest BCUT2D eigenvalue weighted by Crippen LogP contribution is 2.21. The summed E-state index contributed by atoms with van der Waals surface area (Å²) in [7, 11) is 0. The number of para-hydroxylation sites is 1. The van der Waals surface area contributed by atoms with Gasteiger partial charge in [0, 0.05) is 5.56 Å². The van der Waals surface area contributed by atoms with E-state index in [4.69, 9.17) is 16.0 Å². The van der Waals surface area contributed by atoms with Crippen molar-refractivity contribution < 1.29 is 4.42 Å². The summed E-state index contributed by atoms with van der Waals surface area (Å²) < 4.78 is 5.33. The lowest BCUT2D eigenvalue weighted by molar-refractivity contribution is 0.513. The van der Waals surface area contributed by atoms with Crippen molar-refractivity contribution in [3.05, 3.63) is 89.3 Å². The zero-order valence-electron chi connectivity index (χ0n) is 11.9. The molecule has 1 aromatic heterocycles. The van der Waals surface area contributed by atoms with E-state index < -0.39 is 0 Å². The van der Waals surface area contributed by atoms with E-state index in [-0.39, 0.29) is 0 Å². The SMILES string of the molecule is Clc1ccccc1NC(=NCc1ccco1)c1ccccc1. The van der Waals surface area contributed by atoms with E-state index in [1.165, 1.54) is 0 Å². The third kappa shape index (κ3) is 3.57. The van der Waals surface area contributed by atoms with Crippen molar-refractivity contribution in [2.75, 3.05) is 5.32 Å². The van der Waals surface area contributed by atoms with Crippen molar-refractivity contribution in [3.8, 4) is 0 Å². The molecule has 0 spiro atoms. The number of nitrogens with zero attached hydrogens (tertiary/aromatic N) is 1. The summed E-state index contributed by atoms with van der Waals surface area (Å²) in [5.74, 6) is 1.57. The van der Waals surface area contributed by atoms with Crippen LogP contribution in [0.2, 0.25) is 5.02 Å². The minimum absolute atomic E-state index is 0.467. The van der Waals surface area contributed by atoms with Gasteiger partial charge in [-0.1, -0.05) is 54.1 Å². The molecule has 2 aromatic carbocycles. The normalized spacial score (nSPS) is 11.4. The first-order chi connectivity index (χ1) is 10.8. The quantitative estimate of drug-likeness (QED) is 0.544. The van der Waals surface area contributed by atoms with E-state index >= 15 is 0 Å². The summed E-state index contributed by atoms with van der Waals surface area (Å²) in [5, 5.41) is 3.96. The third-order valence-corrected chi connectivity index (χ3v) is 3.48. The number of amidine groups is 1. The largest absolute Gasteiger partial charge is 0.467 e. The summed E-state index contributed by atoms with van der Waals surface area (Å²) >= 11 is 6.22. The van der Waals surface area contributed by atoms with Crippen molar-refractivity contribution in [3.63, 3.8) is 0 Å². The molecule has 0 saturated carbocycles. The molecular formula is C18H15ClN2O. The Hall–Kier alpha value is -2.52. The Labute approximate surface area is 134 Å². The zero-order valence-corrected chi connectivity index (χ0v) is 12.6. The summed E-state index contributed by atoms with van der Waals surface area (Å²) in [6, 6.07) is 21.3. The van der Waals surface area contributed by atoms with Crippen LogP contribution in [0.15, 0.2) is 82.4 Å². The molecule has 0 aliphatic carbocycles. The molecule has 4 heteroatoms. The maximum atomic E-state index is 6.22. The van der Waals surface area contributed by atoms with E-state index in [1.54, 1.807) is 6.26 Å². The average Bonchev–Trinajstić information content (AvgIpc) is 3.07. The van der Waals surface area contributed by atoms with Crippen molar-refractivity contribution >= 4 is 23.1 Å². The third-order valence-electron chi connectivity index (χ3n) is 3.15. The van der Waals surface area contributed by atoms with Crippen molar-refractivity contribution in [2.24, 2.45) is 4.99 Å². The molecule has 0 unspecified atom stereocenters. The number of nitrogens with one attached hydrogen (secondary N) is 1. The number of rotatable bonds is 4. The van der Waals surface area contributed by atoms with Gasteiger partial charge in [0.15, 0.2) is 0 Å². The Morgan fingerprint density at radius 1 is 0.955 bits per heavy atom. The first-order valence-corrected chi connectivity index (χ1v) is 7.34. The molecule has 0 aliphatic rings. The Balaban J connectivity index is 1.89. The average molecular weight is 311 g/mol. The highest BCUT2D eigenvalue weighted by Gasteiger charge is 2.06. The van der Waals surface area contributed by atoms with Crippen LogP contribution in [0.25, 0.3) is 0 Å². The molecule has 1 heterocycles. The van der Waals surface area contributed by atoms with Gasteiger partial charge in [-0.25, -0.2) is 0 Å². The lowest BCUT2D eigenvalue weighted by atomic mass is 10.2. The molecule has 0 saturated heterocycles. The monoisotopic (exact) mass is 310 g/mol. The van der Waals surface area contributed by atoms with Gasteiger partial charge >= 0.3 is 0 Å². The topological polar surface area (TPSA) is 37.5 Å². The highest BCUT2D eigenvalue weighted by atomic mass is 35.5. The van der Waals surface area contributed by atoms with E-state index in [1.807, 2.05) is 66.7 Å². The molecule has 3 nitrogen and oxygen atoms in total. The summed E-state index contributed by atoms with van der Waals surface area (Å²) in [4.78, 5) is 4.63. The predicted molar refractivity (Wildman–Crippen MR) is 90.5 cm³/mol. The van der Waals surface area contributed by atoms with E-state index in [2.05, 4.69) is 10.3 Å². The predicted octanol–water partition coefficient (Wildman–Crippen LogP) is 4.99.